The van der Waals surface area contributed by atoms with E-state index in [1.165, 1.54) is 0 Å². The summed E-state index contributed by atoms with van der Waals surface area (Å²) >= 11 is 0. The summed E-state index contributed by atoms with van der Waals surface area (Å²) in [6.45, 7) is 3.86. The molecule has 1 fully saturated rings. The van der Waals surface area contributed by atoms with E-state index in [1.807, 2.05) is 4.90 Å². The van der Waals surface area contributed by atoms with Crippen LogP contribution in [0.4, 0.5) is 0 Å². The first-order chi connectivity index (χ1) is 8.13. The standard InChI is InChI=1S/C11H22N4O2/c1-14(6-2-4-12)11(17)3-7-15-8-5-13-10(16)9-15/h2-9,12H2,1H3,(H,13,16). The van der Waals surface area contributed by atoms with Gasteiger partial charge in [0, 0.05) is 39.6 Å². The van der Waals surface area contributed by atoms with Crippen LogP contribution in [0.5, 0.6) is 0 Å². The smallest absolute Gasteiger partial charge is 0.234 e. The molecule has 3 N–H and O–H groups in total. The molecule has 2 amide bonds. The minimum absolute atomic E-state index is 0.0418. The average Bonchev–Trinajstić information content (AvgIpc) is 2.33. The SMILES string of the molecule is CN(CCCN)C(=O)CCN1CCNC(=O)C1. The van der Waals surface area contributed by atoms with Crippen LogP contribution >= 0.6 is 0 Å². The Morgan fingerprint density at radius 1 is 1.59 bits per heavy atom. The molecule has 1 heterocycles. The number of hydrogen-bond acceptors (Lipinski definition) is 4. The maximum Gasteiger partial charge on any atom is 0.234 e. The lowest BCUT2D eigenvalue weighted by Crippen LogP contribution is -2.48. The summed E-state index contributed by atoms with van der Waals surface area (Å²) in [6.07, 6.45) is 1.29. The Labute approximate surface area is 102 Å². The van der Waals surface area contributed by atoms with Gasteiger partial charge in [-0.15, -0.1) is 0 Å². The van der Waals surface area contributed by atoms with E-state index in [0.29, 0.717) is 39.1 Å². The lowest BCUT2D eigenvalue weighted by molar-refractivity contribution is -0.131. The third-order valence-corrected chi connectivity index (χ3v) is 2.88. The van der Waals surface area contributed by atoms with Crippen LogP contribution in [0.3, 0.4) is 0 Å². The average molecular weight is 242 g/mol. The zero-order valence-electron chi connectivity index (χ0n) is 10.4. The van der Waals surface area contributed by atoms with E-state index in [0.717, 1.165) is 13.0 Å². The van der Waals surface area contributed by atoms with Gasteiger partial charge in [-0.1, -0.05) is 0 Å². The number of amides is 2. The van der Waals surface area contributed by atoms with Crippen LogP contribution in [0, 0.1) is 0 Å². The minimum Gasteiger partial charge on any atom is -0.354 e. The Kier molecular flexibility index (Phi) is 5.93. The minimum atomic E-state index is 0.0418. The molecule has 0 bridgehead atoms. The summed E-state index contributed by atoms with van der Waals surface area (Å²) in [7, 11) is 1.79. The molecule has 0 atom stereocenters. The molecular formula is C11H22N4O2. The van der Waals surface area contributed by atoms with Gasteiger partial charge in [-0.2, -0.15) is 0 Å². The molecule has 1 aliphatic heterocycles. The highest BCUT2D eigenvalue weighted by Gasteiger charge is 2.17. The fourth-order valence-electron chi connectivity index (χ4n) is 1.78. The monoisotopic (exact) mass is 242 g/mol. The molecule has 6 heteroatoms. The van der Waals surface area contributed by atoms with Crippen molar-refractivity contribution < 1.29 is 9.59 Å². The van der Waals surface area contributed by atoms with E-state index < -0.39 is 0 Å². The van der Waals surface area contributed by atoms with E-state index in [1.54, 1.807) is 11.9 Å². The topological polar surface area (TPSA) is 78.7 Å². The lowest BCUT2D eigenvalue weighted by Gasteiger charge is -2.27. The molecule has 6 nitrogen and oxygen atoms in total. The van der Waals surface area contributed by atoms with E-state index in [4.69, 9.17) is 5.73 Å². The highest BCUT2D eigenvalue weighted by atomic mass is 16.2. The number of nitrogens with zero attached hydrogens (tertiary/aromatic N) is 2. The summed E-state index contributed by atoms with van der Waals surface area (Å²) in [4.78, 5) is 26.6. The van der Waals surface area contributed by atoms with Crippen LogP contribution in [0.2, 0.25) is 0 Å². The summed E-state index contributed by atoms with van der Waals surface area (Å²) in [5, 5.41) is 2.76. The van der Waals surface area contributed by atoms with Crippen molar-refractivity contribution in [1.82, 2.24) is 15.1 Å². The van der Waals surface area contributed by atoms with E-state index in [2.05, 4.69) is 5.32 Å². The number of carbonyl (C=O) groups is 2. The van der Waals surface area contributed by atoms with Crippen molar-refractivity contribution in [1.29, 1.82) is 0 Å². The highest BCUT2D eigenvalue weighted by Crippen LogP contribution is 1.98. The van der Waals surface area contributed by atoms with Gasteiger partial charge in [0.25, 0.3) is 0 Å². The molecule has 0 unspecified atom stereocenters. The molecular weight excluding hydrogens is 220 g/mol. The van der Waals surface area contributed by atoms with Crippen molar-refractivity contribution in [2.45, 2.75) is 12.8 Å². The Balaban J connectivity index is 2.20. The number of nitrogens with two attached hydrogens (primary N) is 1. The highest BCUT2D eigenvalue weighted by molar-refractivity contribution is 5.79. The zero-order valence-corrected chi connectivity index (χ0v) is 10.4. The largest absolute Gasteiger partial charge is 0.354 e. The second-order valence-corrected chi connectivity index (χ2v) is 4.33. The van der Waals surface area contributed by atoms with Gasteiger partial charge in [-0.05, 0) is 13.0 Å². The third-order valence-electron chi connectivity index (χ3n) is 2.88. The van der Waals surface area contributed by atoms with Gasteiger partial charge in [0.1, 0.15) is 0 Å². The van der Waals surface area contributed by atoms with Crippen molar-refractivity contribution in [3.8, 4) is 0 Å². The van der Waals surface area contributed by atoms with Crippen LogP contribution in [-0.2, 0) is 9.59 Å². The van der Waals surface area contributed by atoms with Gasteiger partial charge in [-0.25, -0.2) is 0 Å². The fraction of sp³-hybridized carbons (Fsp3) is 0.818. The first-order valence-electron chi connectivity index (χ1n) is 6.06. The maximum absolute atomic E-state index is 11.7. The first kappa shape index (κ1) is 13.9. The zero-order chi connectivity index (χ0) is 12.7. The van der Waals surface area contributed by atoms with Crippen LogP contribution in [0.1, 0.15) is 12.8 Å². The number of hydrogen-bond donors (Lipinski definition) is 2. The molecule has 17 heavy (non-hydrogen) atoms. The first-order valence-corrected chi connectivity index (χ1v) is 6.06. The number of rotatable bonds is 6. The van der Waals surface area contributed by atoms with Crippen LogP contribution < -0.4 is 11.1 Å². The summed E-state index contributed by atoms with van der Waals surface area (Å²) in [6, 6.07) is 0. The molecule has 0 radical (unpaired) electrons. The number of piperazine rings is 1. The quantitative estimate of drug-likeness (QED) is 0.601. The molecule has 1 saturated heterocycles. The molecule has 0 aliphatic carbocycles. The molecule has 98 valence electrons. The Morgan fingerprint density at radius 3 is 3.00 bits per heavy atom. The predicted octanol–water partition coefficient (Wildman–Crippen LogP) is -1.38. The second-order valence-electron chi connectivity index (χ2n) is 4.33. The molecule has 1 rings (SSSR count). The van der Waals surface area contributed by atoms with Gasteiger partial charge >= 0.3 is 0 Å². The van der Waals surface area contributed by atoms with Crippen molar-refractivity contribution in [3.05, 3.63) is 0 Å². The van der Waals surface area contributed by atoms with Gasteiger partial charge in [0.05, 0.1) is 6.54 Å². The van der Waals surface area contributed by atoms with Crippen molar-refractivity contribution >= 4 is 11.8 Å². The van der Waals surface area contributed by atoms with Crippen LogP contribution in [0.15, 0.2) is 0 Å². The van der Waals surface area contributed by atoms with Gasteiger partial charge < -0.3 is 16.0 Å². The Morgan fingerprint density at radius 2 is 2.35 bits per heavy atom. The number of nitrogens with one attached hydrogen (secondary N) is 1. The van der Waals surface area contributed by atoms with Crippen LogP contribution in [0.25, 0.3) is 0 Å². The molecule has 0 aromatic heterocycles. The molecule has 0 aromatic rings. The van der Waals surface area contributed by atoms with Gasteiger partial charge in [0.2, 0.25) is 11.8 Å². The van der Waals surface area contributed by atoms with Crippen molar-refractivity contribution in [3.63, 3.8) is 0 Å². The van der Waals surface area contributed by atoms with Crippen molar-refractivity contribution in [2.24, 2.45) is 5.73 Å². The molecule has 0 saturated carbocycles. The van der Waals surface area contributed by atoms with E-state index in [-0.39, 0.29) is 11.8 Å². The predicted molar refractivity (Wildman–Crippen MR) is 65.4 cm³/mol. The lowest BCUT2D eigenvalue weighted by atomic mass is 10.3. The molecule has 0 aromatic carbocycles. The maximum atomic E-state index is 11.7. The Hall–Kier alpha value is -1.14. The number of carbonyl (C=O) groups excluding carboxylic acids is 2. The summed E-state index contributed by atoms with van der Waals surface area (Å²) in [5.41, 5.74) is 5.39. The fourth-order valence-corrected chi connectivity index (χ4v) is 1.78. The van der Waals surface area contributed by atoms with Crippen molar-refractivity contribution in [2.75, 3.05) is 46.3 Å². The molecule has 0 spiro atoms. The third kappa shape index (κ3) is 5.14. The second kappa shape index (κ2) is 7.24. The van der Waals surface area contributed by atoms with Gasteiger partial charge in [-0.3, -0.25) is 14.5 Å². The van der Waals surface area contributed by atoms with E-state index in [9.17, 15) is 9.59 Å². The van der Waals surface area contributed by atoms with E-state index >= 15 is 0 Å². The molecule has 1 aliphatic rings. The van der Waals surface area contributed by atoms with Gasteiger partial charge in [0.15, 0.2) is 0 Å². The summed E-state index contributed by atoms with van der Waals surface area (Å²) in [5.74, 6) is 0.157. The summed E-state index contributed by atoms with van der Waals surface area (Å²) < 4.78 is 0. The Bertz CT molecular complexity index is 270. The van der Waals surface area contributed by atoms with Crippen LogP contribution in [-0.4, -0.2) is 67.9 Å². The normalized spacial score (nSPS) is 16.7.